The van der Waals surface area contributed by atoms with Gasteiger partial charge >= 0.3 is 5.69 Å². The van der Waals surface area contributed by atoms with Crippen molar-refractivity contribution in [2.45, 2.75) is 0 Å². The molecule has 9 heteroatoms. The van der Waals surface area contributed by atoms with Crippen molar-refractivity contribution < 1.29 is 19.6 Å². The quantitative estimate of drug-likeness (QED) is 0.321. The number of anilines is 1. The Morgan fingerprint density at radius 2 is 1.97 bits per heavy atom. The summed E-state index contributed by atoms with van der Waals surface area (Å²) in [6.45, 7) is -0.0279. The van der Waals surface area contributed by atoms with Crippen molar-refractivity contribution in [3.05, 3.63) is 70.3 Å². The molecule has 0 heterocycles. The fraction of sp³-hybridized carbons (Fsp3) is 0.100. The summed E-state index contributed by atoms with van der Waals surface area (Å²) in [6.07, 6.45) is 1.11. The number of aromatic hydroxyl groups is 1. The number of ether oxygens (including phenoxy) is 1. The molecule has 0 aliphatic rings. The van der Waals surface area contributed by atoms with Gasteiger partial charge in [-0.1, -0.05) is 30.3 Å². The van der Waals surface area contributed by atoms with Crippen LogP contribution >= 0.6 is 0 Å². The Labute approximate surface area is 165 Å². The summed E-state index contributed by atoms with van der Waals surface area (Å²) in [4.78, 5) is 22.2. The molecule has 0 saturated heterocycles. The molecule has 0 atom stereocenters. The number of phenols is 1. The highest BCUT2D eigenvalue weighted by atomic mass is 16.6. The Hall–Kier alpha value is -4.14. The summed E-state index contributed by atoms with van der Waals surface area (Å²) >= 11 is 0. The van der Waals surface area contributed by atoms with Gasteiger partial charge < -0.3 is 15.2 Å². The second-order valence-electron chi connectivity index (χ2n) is 6.05. The maximum atomic E-state index is 12.0. The molecule has 1 amide bonds. The van der Waals surface area contributed by atoms with E-state index in [0.717, 1.165) is 28.7 Å². The minimum Gasteiger partial charge on any atom is -0.502 e. The van der Waals surface area contributed by atoms with Crippen molar-refractivity contribution >= 4 is 34.3 Å². The molecular weight excluding hydrogens is 376 g/mol. The van der Waals surface area contributed by atoms with E-state index in [2.05, 4.69) is 15.8 Å². The molecule has 9 nitrogen and oxygen atoms in total. The molecule has 3 N–H and O–H groups in total. The number of nitro groups is 1. The van der Waals surface area contributed by atoms with Crippen LogP contribution in [-0.4, -0.2) is 35.8 Å². The van der Waals surface area contributed by atoms with E-state index in [1.807, 2.05) is 42.5 Å². The van der Waals surface area contributed by atoms with Crippen molar-refractivity contribution in [1.82, 2.24) is 5.43 Å². The van der Waals surface area contributed by atoms with Gasteiger partial charge in [0, 0.05) is 11.3 Å². The Balaban J connectivity index is 1.62. The average molecular weight is 394 g/mol. The van der Waals surface area contributed by atoms with Gasteiger partial charge in [-0.15, -0.1) is 0 Å². The van der Waals surface area contributed by atoms with Gasteiger partial charge in [-0.25, -0.2) is 5.43 Å². The van der Waals surface area contributed by atoms with Crippen molar-refractivity contribution in [2.24, 2.45) is 5.10 Å². The minimum absolute atomic E-state index is 0.0279. The molecule has 0 fully saturated rings. The van der Waals surface area contributed by atoms with Crippen LogP contribution in [0.2, 0.25) is 0 Å². The lowest BCUT2D eigenvalue weighted by atomic mass is 10.1. The van der Waals surface area contributed by atoms with Crippen LogP contribution in [0.5, 0.6) is 11.5 Å². The van der Waals surface area contributed by atoms with Crippen LogP contribution in [0.4, 0.5) is 11.4 Å². The smallest absolute Gasteiger partial charge is 0.315 e. The predicted octanol–water partition coefficient (Wildman–Crippen LogP) is 3.02. The molecule has 0 aromatic heterocycles. The molecule has 0 saturated carbocycles. The number of phenolic OH excluding ortho intramolecular Hbond substituents is 1. The number of nitrogens with one attached hydrogen (secondary N) is 2. The fourth-order valence-corrected chi connectivity index (χ4v) is 2.66. The number of methoxy groups -OCH3 is 1. The number of hydrogen-bond acceptors (Lipinski definition) is 7. The number of hydrazone groups is 1. The first kappa shape index (κ1) is 19.6. The van der Waals surface area contributed by atoms with Crippen LogP contribution in [0.15, 0.2) is 59.7 Å². The number of benzene rings is 3. The van der Waals surface area contributed by atoms with Gasteiger partial charge in [-0.3, -0.25) is 14.9 Å². The number of amides is 1. The number of nitrogens with zero attached hydrogens (tertiary/aromatic N) is 2. The number of carbonyl (C=O) groups excluding carboxylic acids is 1. The van der Waals surface area contributed by atoms with Gasteiger partial charge in [0.1, 0.15) is 5.75 Å². The van der Waals surface area contributed by atoms with Gasteiger partial charge in [0.25, 0.3) is 5.91 Å². The lowest BCUT2D eigenvalue weighted by molar-refractivity contribution is -0.385. The van der Waals surface area contributed by atoms with E-state index >= 15 is 0 Å². The van der Waals surface area contributed by atoms with E-state index in [-0.39, 0.29) is 17.9 Å². The fourth-order valence-electron chi connectivity index (χ4n) is 2.66. The zero-order chi connectivity index (χ0) is 20.8. The Morgan fingerprint density at radius 1 is 1.21 bits per heavy atom. The normalized spacial score (nSPS) is 10.8. The van der Waals surface area contributed by atoms with Crippen LogP contribution < -0.4 is 15.5 Å². The second-order valence-corrected chi connectivity index (χ2v) is 6.05. The molecular formula is C20H18N4O5. The van der Waals surface area contributed by atoms with Crippen LogP contribution in [0.25, 0.3) is 10.8 Å². The van der Waals surface area contributed by atoms with E-state index < -0.39 is 22.3 Å². The van der Waals surface area contributed by atoms with Gasteiger partial charge in [0.2, 0.25) is 5.75 Å². The van der Waals surface area contributed by atoms with Gasteiger partial charge in [-0.2, -0.15) is 5.10 Å². The van der Waals surface area contributed by atoms with Crippen molar-refractivity contribution in [2.75, 3.05) is 19.0 Å². The lowest BCUT2D eigenvalue weighted by Crippen LogP contribution is -2.25. The maximum Gasteiger partial charge on any atom is 0.315 e. The van der Waals surface area contributed by atoms with Gasteiger partial charge in [-0.05, 0) is 29.0 Å². The third-order valence-electron chi connectivity index (χ3n) is 4.12. The molecule has 29 heavy (non-hydrogen) atoms. The molecule has 0 aliphatic carbocycles. The Bertz CT molecular complexity index is 1100. The van der Waals surface area contributed by atoms with Gasteiger partial charge in [0.15, 0.2) is 0 Å². The van der Waals surface area contributed by atoms with Crippen molar-refractivity contribution in [1.29, 1.82) is 0 Å². The largest absolute Gasteiger partial charge is 0.502 e. The summed E-state index contributed by atoms with van der Waals surface area (Å²) in [5.41, 5.74) is 2.60. The summed E-state index contributed by atoms with van der Waals surface area (Å²) < 4.78 is 4.97. The number of fused-ring (bicyclic) bond motifs is 1. The minimum atomic E-state index is -0.735. The van der Waals surface area contributed by atoms with Crippen LogP contribution in [0.1, 0.15) is 5.56 Å². The molecule has 0 spiro atoms. The molecule has 0 aliphatic heterocycles. The second kappa shape index (κ2) is 8.70. The molecule has 3 aromatic carbocycles. The highest BCUT2D eigenvalue weighted by Gasteiger charge is 2.18. The SMILES string of the molecule is COc1cc(/C=N\NC(=O)CNc2ccc3ccccc3c2)c(O)c([N+](=O)[O-])c1. The standard InChI is InChI=1S/C20H18N4O5/c1-29-17-9-15(20(26)18(10-17)24(27)28)11-22-23-19(25)12-21-16-7-6-13-4-2-3-5-14(13)8-16/h2-11,21,26H,12H2,1H3,(H,23,25)/b22-11-. The third-order valence-corrected chi connectivity index (χ3v) is 4.12. The summed E-state index contributed by atoms with van der Waals surface area (Å²) in [6, 6.07) is 16.1. The van der Waals surface area contributed by atoms with Gasteiger partial charge in [0.05, 0.1) is 30.9 Å². The number of hydrogen-bond donors (Lipinski definition) is 3. The van der Waals surface area contributed by atoms with Crippen LogP contribution in [0, 0.1) is 10.1 Å². The van der Waals surface area contributed by atoms with Crippen LogP contribution in [0.3, 0.4) is 0 Å². The van der Waals surface area contributed by atoms with E-state index in [1.165, 1.54) is 13.2 Å². The highest BCUT2D eigenvalue weighted by Crippen LogP contribution is 2.33. The van der Waals surface area contributed by atoms with Crippen molar-refractivity contribution in [3.63, 3.8) is 0 Å². The Morgan fingerprint density at radius 3 is 2.69 bits per heavy atom. The highest BCUT2D eigenvalue weighted by molar-refractivity contribution is 5.89. The zero-order valence-corrected chi connectivity index (χ0v) is 15.5. The third kappa shape index (κ3) is 4.78. The number of rotatable bonds is 7. The lowest BCUT2D eigenvalue weighted by Gasteiger charge is -2.07. The first-order valence-electron chi connectivity index (χ1n) is 8.58. The molecule has 148 valence electrons. The summed E-state index contributed by atoms with van der Waals surface area (Å²) in [5.74, 6) is -0.811. The molecule has 0 radical (unpaired) electrons. The zero-order valence-electron chi connectivity index (χ0n) is 15.5. The van der Waals surface area contributed by atoms with Crippen LogP contribution in [-0.2, 0) is 4.79 Å². The predicted molar refractivity (Wildman–Crippen MR) is 109 cm³/mol. The topological polar surface area (TPSA) is 126 Å². The monoisotopic (exact) mass is 394 g/mol. The van der Waals surface area contributed by atoms with E-state index in [4.69, 9.17) is 4.74 Å². The van der Waals surface area contributed by atoms with Crippen molar-refractivity contribution in [3.8, 4) is 11.5 Å². The molecule has 0 bridgehead atoms. The van der Waals surface area contributed by atoms with E-state index in [9.17, 15) is 20.0 Å². The average Bonchev–Trinajstić information content (AvgIpc) is 2.73. The summed E-state index contributed by atoms with van der Waals surface area (Å²) in [5, 5.41) is 29.8. The first-order valence-corrected chi connectivity index (χ1v) is 8.58. The van der Waals surface area contributed by atoms with E-state index in [0.29, 0.717) is 0 Å². The molecule has 3 rings (SSSR count). The number of nitro benzene ring substituents is 1. The summed E-state index contributed by atoms with van der Waals surface area (Å²) in [7, 11) is 1.34. The Kier molecular flexibility index (Phi) is 5.88. The molecule has 3 aromatic rings. The molecule has 0 unspecified atom stereocenters. The first-order chi connectivity index (χ1) is 14.0. The number of carbonyl (C=O) groups is 1. The maximum absolute atomic E-state index is 12.0. The van der Waals surface area contributed by atoms with E-state index in [1.54, 1.807) is 0 Å².